The van der Waals surface area contributed by atoms with Crippen molar-refractivity contribution in [3.05, 3.63) is 29.8 Å². The van der Waals surface area contributed by atoms with Gasteiger partial charge in [-0.15, -0.1) is 0 Å². The third-order valence-electron chi connectivity index (χ3n) is 2.90. The van der Waals surface area contributed by atoms with Crippen LogP contribution in [-0.4, -0.2) is 43.2 Å². The number of aliphatic hydroxyl groups is 1. The number of aliphatic hydroxyl groups excluding tert-OH is 1. The predicted molar refractivity (Wildman–Crippen MR) is 77.2 cm³/mol. The third-order valence-corrected chi connectivity index (χ3v) is 4.40. The number of aliphatic imine (C=N–C) groups is 1. The van der Waals surface area contributed by atoms with E-state index in [0.717, 1.165) is 6.26 Å². The van der Waals surface area contributed by atoms with Gasteiger partial charge in [0.05, 0.1) is 4.90 Å². The lowest BCUT2D eigenvalue weighted by atomic mass is 10.0. The molecule has 0 aliphatic carbocycles. The van der Waals surface area contributed by atoms with E-state index in [0.29, 0.717) is 5.56 Å². The summed E-state index contributed by atoms with van der Waals surface area (Å²) in [6.07, 6.45) is 0.217. The highest BCUT2D eigenvalue weighted by molar-refractivity contribution is 7.90. The van der Waals surface area contributed by atoms with Gasteiger partial charge in [0.15, 0.2) is 14.7 Å². The van der Waals surface area contributed by atoms with Crippen LogP contribution in [0.4, 0.5) is 0 Å². The fraction of sp³-hybridized carbons (Fsp3) is 0.417. The Hall–Kier alpha value is -0.820. The molecular weight excluding hydrogens is 325 g/mol. The maximum atomic E-state index is 11.4. The summed E-state index contributed by atoms with van der Waals surface area (Å²) in [6, 6.07) is 5.48. The molecule has 0 fully saturated rings. The monoisotopic (exact) mass is 337 g/mol. The highest BCUT2D eigenvalue weighted by atomic mass is 35.5. The van der Waals surface area contributed by atoms with Crippen molar-refractivity contribution in [2.75, 3.05) is 12.9 Å². The molecular formula is C12H13Cl2NO4S. The second kappa shape index (κ2) is 5.89. The van der Waals surface area contributed by atoms with Gasteiger partial charge in [0, 0.05) is 6.26 Å². The molecule has 0 spiro atoms. The number of alkyl halides is 2. The van der Waals surface area contributed by atoms with E-state index in [4.69, 9.17) is 27.9 Å². The highest BCUT2D eigenvalue weighted by Gasteiger charge is 2.29. The van der Waals surface area contributed by atoms with E-state index in [1.165, 1.54) is 12.1 Å². The normalized spacial score (nSPS) is 20.6. The van der Waals surface area contributed by atoms with E-state index >= 15 is 0 Å². The van der Waals surface area contributed by atoms with Gasteiger partial charge in [-0.25, -0.2) is 13.4 Å². The summed E-state index contributed by atoms with van der Waals surface area (Å²) in [5.74, 6) is 0.185. The first-order valence-electron chi connectivity index (χ1n) is 5.76. The summed E-state index contributed by atoms with van der Waals surface area (Å²) < 4.78 is 27.9. The van der Waals surface area contributed by atoms with Gasteiger partial charge in [-0.1, -0.05) is 35.3 Å². The van der Waals surface area contributed by atoms with Crippen molar-refractivity contribution >= 4 is 38.9 Å². The van der Waals surface area contributed by atoms with E-state index in [-0.39, 0.29) is 17.4 Å². The molecule has 2 rings (SSSR count). The maximum Gasteiger partial charge on any atom is 0.218 e. The van der Waals surface area contributed by atoms with Gasteiger partial charge in [0.1, 0.15) is 18.8 Å². The van der Waals surface area contributed by atoms with Crippen LogP contribution < -0.4 is 0 Å². The molecule has 0 aromatic heterocycles. The fourth-order valence-corrected chi connectivity index (χ4v) is 2.69. The third kappa shape index (κ3) is 3.44. The van der Waals surface area contributed by atoms with Gasteiger partial charge in [-0.05, 0) is 17.7 Å². The van der Waals surface area contributed by atoms with Gasteiger partial charge < -0.3 is 9.84 Å². The van der Waals surface area contributed by atoms with Gasteiger partial charge in [0.25, 0.3) is 0 Å². The molecule has 0 amide bonds. The summed E-state index contributed by atoms with van der Waals surface area (Å²) in [6.45, 7) is 0.181. The topological polar surface area (TPSA) is 76.0 Å². The van der Waals surface area contributed by atoms with Crippen LogP contribution in [0.15, 0.2) is 34.2 Å². The smallest absolute Gasteiger partial charge is 0.218 e. The standard InChI is InChI=1S/C12H13Cl2NO4S/c1-20(17,18)8-4-2-7(3-5-8)10(16)9-6-19-12(15-9)11(13)14/h2-5,9-11,16H,6H2,1H3. The van der Waals surface area contributed by atoms with Gasteiger partial charge in [-0.3, -0.25) is 0 Å². The molecule has 0 radical (unpaired) electrons. The van der Waals surface area contributed by atoms with Crippen LogP contribution >= 0.6 is 23.2 Å². The average molecular weight is 338 g/mol. The van der Waals surface area contributed by atoms with Crippen LogP contribution in [0, 0.1) is 0 Å². The number of rotatable bonds is 4. The van der Waals surface area contributed by atoms with Crippen LogP contribution in [0.5, 0.6) is 0 Å². The van der Waals surface area contributed by atoms with Gasteiger partial charge >= 0.3 is 0 Å². The molecule has 110 valence electrons. The molecule has 1 aromatic rings. The summed E-state index contributed by atoms with van der Waals surface area (Å²) >= 11 is 11.3. The number of benzene rings is 1. The first kappa shape index (κ1) is 15.6. The number of halogens is 2. The Morgan fingerprint density at radius 2 is 1.95 bits per heavy atom. The number of nitrogens with zero attached hydrogens (tertiary/aromatic N) is 1. The Balaban J connectivity index is 2.17. The van der Waals surface area contributed by atoms with Crippen LogP contribution in [-0.2, 0) is 14.6 Å². The molecule has 0 saturated carbocycles. The average Bonchev–Trinajstić information content (AvgIpc) is 2.86. The van der Waals surface area contributed by atoms with E-state index in [1.807, 2.05) is 0 Å². The Morgan fingerprint density at radius 1 is 1.35 bits per heavy atom. The minimum absolute atomic E-state index is 0.181. The molecule has 1 N–H and O–H groups in total. The second-order valence-electron chi connectivity index (χ2n) is 4.43. The fourth-order valence-electron chi connectivity index (χ4n) is 1.82. The Morgan fingerprint density at radius 3 is 2.40 bits per heavy atom. The number of hydrogen-bond acceptors (Lipinski definition) is 5. The molecule has 1 aliphatic heterocycles. The molecule has 0 bridgehead atoms. The summed E-state index contributed by atoms with van der Waals surface area (Å²) in [4.78, 5) is 3.43. The molecule has 20 heavy (non-hydrogen) atoms. The van der Waals surface area contributed by atoms with E-state index in [1.54, 1.807) is 12.1 Å². The number of ether oxygens (including phenoxy) is 1. The van der Waals surface area contributed by atoms with Crippen molar-refractivity contribution < 1.29 is 18.3 Å². The minimum Gasteiger partial charge on any atom is -0.477 e. The highest BCUT2D eigenvalue weighted by Crippen LogP contribution is 2.25. The molecule has 1 aromatic carbocycles. The lowest BCUT2D eigenvalue weighted by Crippen LogP contribution is -2.17. The van der Waals surface area contributed by atoms with Gasteiger partial charge in [0.2, 0.25) is 5.90 Å². The van der Waals surface area contributed by atoms with Crippen molar-refractivity contribution in [3.63, 3.8) is 0 Å². The molecule has 2 unspecified atom stereocenters. The van der Waals surface area contributed by atoms with Crippen LogP contribution in [0.3, 0.4) is 0 Å². The van der Waals surface area contributed by atoms with Crippen molar-refractivity contribution in [1.29, 1.82) is 0 Å². The van der Waals surface area contributed by atoms with Gasteiger partial charge in [-0.2, -0.15) is 0 Å². The quantitative estimate of drug-likeness (QED) is 0.849. The van der Waals surface area contributed by atoms with Crippen LogP contribution in [0.2, 0.25) is 0 Å². The molecule has 2 atom stereocenters. The van der Waals surface area contributed by atoms with Crippen molar-refractivity contribution in [2.24, 2.45) is 4.99 Å². The summed E-state index contributed by atoms with van der Waals surface area (Å²) in [7, 11) is -3.25. The van der Waals surface area contributed by atoms with Crippen molar-refractivity contribution in [1.82, 2.24) is 0 Å². The number of hydrogen-bond donors (Lipinski definition) is 1. The van der Waals surface area contributed by atoms with Crippen LogP contribution in [0.25, 0.3) is 0 Å². The molecule has 0 saturated heterocycles. The maximum absolute atomic E-state index is 11.4. The molecule has 5 nitrogen and oxygen atoms in total. The lowest BCUT2D eigenvalue weighted by Gasteiger charge is -2.14. The number of sulfone groups is 1. The van der Waals surface area contributed by atoms with E-state index in [2.05, 4.69) is 4.99 Å². The van der Waals surface area contributed by atoms with Crippen molar-refractivity contribution in [2.45, 2.75) is 21.9 Å². The summed E-state index contributed by atoms with van der Waals surface area (Å²) in [5.41, 5.74) is 0.552. The lowest BCUT2D eigenvalue weighted by molar-refractivity contribution is 0.129. The first-order chi connectivity index (χ1) is 9.29. The zero-order chi connectivity index (χ0) is 14.9. The molecule has 8 heteroatoms. The van der Waals surface area contributed by atoms with Crippen LogP contribution in [0.1, 0.15) is 11.7 Å². The zero-order valence-electron chi connectivity index (χ0n) is 10.5. The Labute approximate surface area is 127 Å². The van der Waals surface area contributed by atoms with Crippen molar-refractivity contribution in [3.8, 4) is 0 Å². The Kier molecular flexibility index (Phi) is 4.59. The van der Waals surface area contributed by atoms with E-state index < -0.39 is 26.8 Å². The summed E-state index contributed by atoms with van der Waals surface area (Å²) in [5, 5.41) is 10.2. The Bertz CT molecular complexity index is 613. The minimum atomic E-state index is -3.25. The zero-order valence-corrected chi connectivity index (χ0v) is 12.9. The van der Waals surface area contributed by atoms with E-state index in [9.17, 15) is 13.5 Å². The second-order valence-corrected chi connectivity index (χ2v) is 7.54. The molecule has 1 heterocycles. The SMILES string of the molecule is CS(=O)(=O)c1ccc(C(O)C2COC(C(Cl)Cl)=N2)cc1. The predicted octanol–water partition coefficient (Wildman–Crippen LogP) is 1.72. The first-order valence-corrected chi connectivity index (χ1v) is 8.52. The largest absolute Gasteiger partial charge is 0.477 e. The molecule has 1 aliphatic rings.